The Morgan fingerprint density at radius 2 is 2.21 bits per heavy atom. The van der Waals surface area contributed by atoms with Gasteiger partial charge in [0.1, 0.15) is 0 Å². The zero-order valence-corrected chi connectivity index (χ0v) is 11.9. The second kappa shape index (κ2) is 5.94. The van der Waals surface area contributed by atoms with Gasteiger partial charge in [0.15, 0.2) is 5.82 Å². The van der Waals surface area contributed by atoms with Crippen molar-refractivity contribution in [1.82, 2.24) is 15.5 Å². The summed E-state index contributed by atoms with van der Waals surface area (Å²) in [4.78, 5) is 5.38. The van der Waals surface area contributed by atoms with Crippen molar-refractivity contribution < 1.29 is 4.52 Å². The molecule has 100 valence electrons. The Hall–Kier alpha value is -1.04. The van der Waals surface area contributed by atoms with Crippen LogP contribution in [0.1, 0.15) is 24.6 Å². The summed E-state index contributed by atoms with van der Waals surface area (Å²) in [6, 6.07) is 8.40. The van der Waals surface area contributed by atoms with Crippen LogP contribution < -0.4 is 5.32 Å². The van der Waals surface area contributed by atoms with Gasteiger partial charge in [0, 0.05) is 10.9 Å². The van der Waals surface area contributed by atoms with E-state index >= 15 is 0 Å². The van der Waals surface area contributed by atoms with Crippen LogP contribution in [0, 0.1) is 0 Å². The molecule has 0 saturated heterocycles. The molecule has 1 aromatic carbocycles. The molecule has 3 rings (SSSR count). The predicted octanol–water partition coefficient (Wildman–Crippen LogP) is 3.27. The zero-order chi connectivity index (χ0) is 13.1. The second-order valence-corrected chi connectivity index (χ2v) is 5.90. The molecule has 1 aliphatic carbocycles. The first-order valence-electron chi connectivity index (χ1n) is 6.23. The van der Waals surface area contributed by atoms with Gasteiger partial charge in [-0.2, -0.15) is 4.98 Å². The summed E-state index contributed by atoms with van der Waals surface area (Å²) < 4.78 is 5.19. The van der Waals surface area contributed by atoms with E-state index in [1.807, 2.05) is 24.3 Å². The fourth-order valence-electron chi connectivity index (χ4n) is 1.64. The Morgan fingerprint density at radius 3 is 3.00 bits per heavy atom. The zero-order valence-electron chi connectivity index (χ0n) is 10.3. The van der Waals surface area contributed by atoms with Crippen LogP contribution in [0.15, 0.2) is 33.7 Å². The van der Waals surface area contributed by atoms with Crippen molar-refractivity contribution >= 4 is 23.4 Å². The molecule has 1 fully saturated rings. The number of hydrogen-bond donors (Lipinski definition) is 1. The van der Waals surface area contributed by atoms with E-state index < -0.39 is 0 Å². The highest BCUT2D eigenvalue weighted by Gasteiger charge is 2.21. The molecule has 0 atom stereocenters. The third-order valence-corrected chi connectivity index (χ3v) is 4.33. The predicted molar refractivity (Wildman–Crippen MR) is 75.2 cm³/mol. The van der Waals surface area contributed by atoms with Gasteiger partial charge in [-0.25, -0.2) is 0 Å². The molecule has 0 bridgehead atoms. The molecule has 0 spiro atoms. The quantitative estimate of drug-likeness (QED) is 0.829. The van der Waals surface area contributed by atoms with Crippen molar-refractivity contribution in [3.8, 4) is 0 Å². The van der Waals surface area contributed by atoms with Crippen molar-refractivity contribution in [3.63, 3.8) is 0 Å². The monoisotopic (exact) mass is 295 g/mol. The third-order valence-electron chi connectivity index (χ3n) is 2.82. The fraction of sp³-hybridized carbons (Fsp3) is 0.385. The van der Waals surface area contributed by atoms with Crippen LogP contribution in [-0.4, -0.2) is 16.2 Å². The fourth-order valence-corrected chi connectivity index (χ4v) is 2.73. The van der Waals surface area contributed by atoms with Gasteiger partial charge in [-0.15, -0.1) is 11.8 Å². The largest absolute Gasteiger partial charge is 0.338 e. The highest BCUT2D eigenvalue weighted by molar-refractivity contribution is 7.98. The number of aromatic nitrogens is 2. The normalized spacial score (nSPS) is 14.8. The van der Waals surface area contributed by atoms with E-state index in [-0.39, 0.29) is 0 Å². The molecule has 0 amide bonds. The van der Waals surface area contributed by atoms with E-state index in [0.717, 1.165) is 9.92 Å². The molecule has 1 aliphatic rings. The van der Waals surface area contributed by atoms with E-state index in [9.17, 15) is 0 Å². The van der Waals surface area contributed by atoms with Crippen LogP contribution in [0.2, 0.25) is 5.02 Å². The average molecular weight is 296 g/mol. The van der Waals surface area contributed by atoms with E-state index in [2.05, 4.69) is 15.5 Å². The van der Waals surface area contributed by atoms with Gasteiger partial charge in [-0.1, -0.05) is 28.9 Å². The number of benzene rings is 1. The van der Waals surface area contributed by atoms with Crippen molar-refractivity contribution in [2.24, 2.45) is 0 Å². The van der Waals surface area contributed by atoms with Crippen LogP contribution in [0.3, 0.4) is 0 Å². The molecule has 0 unspecified atom stereocenters. The summed E-state index contributed by atoms with van der Waals surface area (Å²) in [6.07, 6.45) is 2.51. The topological polar surface area (TPSA) is 51.0 Å². The summed E-state index contributed by atoms with van der Waals surface area (Å²) in [6.45, 7) is 0.661. The number of nitrogens with one attached hydrogen (secondary N) is 1. The molecule has 1 N–H and O–H groups in total. The van der Waals surface area contributed by atoms with Crippen molar-refractivity contribution in [3.05, 3.63) is 41.0 Å². The van der Waals surface area contributed by atoms with Gasteiger partial charge in [-0.05, 0) is 25.0 Å². The minimum absolute atomic E-state index is 0.646. The van der Waals surface area contributed by atoms with Crippen LogP contribution in [0.4, 0.5) is 0 Å². The van der Waals surface area contributed by atoms with Crippen LogP contribution in [0.25, 0.3) is 0 Å². The van der Waals surface area contributed by atoms with Crippen LogP contribution in [0.5, 0.6) is 0 Å². The third kappa shape index (κ3) is 3.72. The maximum Gasteiger partial charge on any atom is 0.240 e. The van der Waals surface area contributed by atoms with Gasteiger partial charge in [0.25, 0.3) is 0 Å². The number of nitrogens with zero attached hydrogens (tertiary/aromatic N) is 2. The van der Waals surface area contributed by atoms with Crippen molar-refractivity contribution in [2.75, 3.05) is 0 Å². The number of thioether (sulfide) groups is 1. The van der Waals surface area contributed by atoms with E-state index in [1.165, 1.54) is 12.8 Å². The van der Waals surface area contributed by atoms with Crippen LogP contribution >= 0.6 is 23.4 Å². The molecular weight excluding hydrogens is 282 g/mol. The summed E-state index contributed by atoms with van der Waals surface area (Å²) >= 11 is 7.70. The highest BCUT2D eigenvalue weighted by Crippen LogP contribution is 2.28. The maximum atomic E-state index is 6.09. The Balaban J connectivity index is 1.53. The average Bonchev–Trinajstić information content (AvgIpc) is 3.14. The molecule has 2 aromatic rings. The minimum atomic E-state index is 0.646. The van der Waals surface area contributed by atoms with E-state index in [4.69, 9.17) is 16.1 Å². The Kier molecular flexibility index (Phi) is 4.06. The van der Waals surface area contributed by atoms with E-state index in [0.29, 0.717) is 30.1 Å². The molecule has 0 radical (unpaired) electrons. The molecule has 19 heavy (non-hydrogen) atoms. The first-order valence-corrected chi connectivity index (χ1v) is 7.60. The van der Waals surface area contributed by atoms with Gasteiger partial charge in [0.05, 0.1) is 17.3 Å². The SMILES string of the molecule is Clc1ccccc1SCc1noc(CNC2CC2)n1. The lowest BCUT2D eigenvalue weighted by Gasteiger charge is -2.00. The van der Waals surface area contributed by atoms with Gasteiger partial charge < -0.3 is 9.84 Å². The van der Waals surface area contributed by atoms with Crippen molar-refractivity contribution in [2.45, 2.75) is 36.1 Å². The van der Waals surface area contributed by atoms with Gasteiger partial charge in [0.2, 0.25) is 5.89 Å². The smallest absolute Gasteiger partial charge is 0.240 e. The molecule has 1 saturated carbocycles. The summed E-state index contributed by atoms with van der Waals surface area (Å²) in [5, 5.41) is 8.07. The summed E-state index contributed by atoms with van der Waals surface area (Å²) in [7, 11) is 0. The lowest BCUT2D eigenvalue weighted by atomic mass is 10.4. The number of rotatable bonds is 6. The molecule has 1 aromatic heterocycles. The molecular formula is C13H14ClN3OS. The molecule has 1 heterocycles. The molecule has 0 aliphatic heterocycles. The Morgan fingerprint density at radius 1 is 1.37 bits per heavy atom. The van der Waals surface area contributed by atoms with Crippen molar-refractivity contribution in [1.29, 1.82) is 0 Å². The Labute approximate surface area is 120 Å². The number of halogens is 1. The standard InChI is InChI=1S/C13H14ClN3OS/c14-10-3-1-2-4-11(10)19-8-12-16-13(18-17-12)7-15-9-5-6-9/h1-4,9,15H,5-8H2. The maximum absolute atomic E-state index is 6.09. The van der Waals surface area contributed by atoms with Crippen LogP contribution in [-0.2, 0) is 12.3 Å². The number of hydrogen-bond acceptors (Lipinski definition) is 5. The lowest BCUT2D eigenvalue weighted by molar-refractivity contribution is 0.363. The first kappa shape index (κ1) is 13.0. The first-order chi connectivity index (χ1) is 9.31. The molecule has 6 heteroatoms. The summed E-state index contributed by atoms with van der Waals surface area (Å²) in [5.41, 5.74) is 0. The minimum Gasteiger partial charge on any atom is -0.338 e. The Bertz CT molecular complexity index is 556. The second-order valence-electron chi connectivity index (χ2n) is 4.48. The molecule has 4 nitrogen and oxygen atoms in total. The van der Waals surface area contributed by atoms with Gasteiger partial charge >= 0.3 is 0 Å². The lowest BCUT2D eigenvalue weighted by Crippen LogP contribution is -2.15. The summed E-state index contributed by atoms with van der Waals surface area (Å²) in [5.74, 6) is 2.02. The highest BCUT2D eigenvalue weighted by atomic mass is 35.5. The van der Waals surface area contributed by atoms with E-state index in [1.54, 1.807) is 11.8 Å². The van der Waals surface area contributed by atoms with Gasteiger partial charge in [-0.3, -0.25) is 0 Å².